The van der Waals surface area contributed by atoms with Gasteiger partial charge in [0, 0.05) is 35.6 Å². The van der Waals surface area contributed by atoms with Crippen LogP contribution in [0.3, 0.4) is 0 Å². The first-order valence-corrected chi connectivity index (χ1v) is 28.7. The molecule has 0 spiro atoms. The van der Waals surface area contributed by atoms with E-state index >= 15 is 0 Å². The van der Waals surface area contributed by atoms with Crippen LogP contribution in [0.4, 0.5) is 9.59 Å². The van der Waals surface area contributed by atoms with Gasteiger partial charge >= 0.3 is 12.2 Å². The van der Waals surface area contributed by atoms with E-state index in [0.29, 0.717) is 11.8 Å². The number of carbonyl (C=O) groups excluding carboxylic acids is 4. The van der Waals surface area contributed by atoms with Crippen LogP contribution in [0.1, 0.15) is 138 Å². The van der Waals surface area contributed by atoms with Crippen LogP contribution in [0.5, 0.6) is 0 Å². The van der Waals surface area contributed by atoms with Crippen LogP contribution in [0.2, 0.25) is 0 Å². The number of methoxy groups -OCH3 is 2. The Morgan fingerprint density at radius 3 is 1.29 bits per heavy atom. The lowest BCUT2D eigenvalue weighted by Gasteiger charge is -2.36. The van der Waals surface area contributed by atoms with Gasteiger partial charge in [0.25, 0.3) is 0 Å². The van der Waals surface area contributed by atoms with Gasteiger partial charge in [0.05, 0.1) is 37.7 Å². The summed E-state index contributed by atoms with van der Waals surface area (Å²) in [6.45, 7) is 7.84. The number of imidazole rings is 2. The Kier molecular flexibility index (Phi) is 15.3. The molecule has 4 aromatic carbocycles. The van der Waals surface area contributed by atoms with E-state index in [4.69, 9.17) is 19.4 Å². The van der Waals surface area contributed by atoms with Crippen LogP contribution >= 0.6 is 0 Å². The minimum Gasteiger partial charge on any atom is -0.453 e. The Balaban J connectivity index is 0.783. The lowest BCUT2D eigenvalue weighted by atomic mass is 9.84. The molecule has 408 valence electrons. The van der Waals surface area contributed by atoms with E-state index in [1.54, 1.807) is 0 Å². The molecule has 4 N–H and O–H groups in total. The van der Waals surface area contributed by atoms with Crippen LogP contribution in [0, 0.1) is 23.7 Å². The van der Waals surface area contributed by atoms with Crippen LogP contribution < -0.4 is 10.6 Å². The molecule has 8 aliphatic rings. The fourth-order valence-electron chi connectivity index (χ4n) is 13.8. The van der Waals surface area contributed by atoms with Crippen molar-refractivity contribution in [3.63, 3.8) is 0 Å². The number of aromatic amines is 2. The van der Waals surface area contributed by atoms with Gasteiger partial charge in [-0.1, -0.05) is 138 Å². The minimum absolute atomic E-state index is 0.0686. The summed E-state index contributed by atoms with van der Waals surface area (Å²) in [5.74, 6) is 2.04. The first-order valence-electron chi connectivity index (χ1n) is 28.7. The van der Waals surface area contributed by atoms with E-state index in [1.807, 2.05) is 49.9 Å². The zero-order valence-electron chi connectivity index (χ0n) is 46.1. The van der Waals surface area contributed by atoms with Gasteiger partial charge in [-0.05, 0) is 132 Å². The van der Waals surface area contributed by atoms with Gasteiger partial charge in [0.1, 0.15) is 23.7 Å². The standard InChI is InChI=1S/C64H76N8O6/c1-37(2)57(69-63(75)77-5)61(73)71-53-13-9-7-11-47(53)33-55(71)59-65-35-51(67-59)45-27-23-43(24-28-45)49-31-39-15-19-41(49)21-17-40-16-20-42(22-18-39)50(32-40)44-25-29-46(30-26-44)52-36-66-60(68-52)56-34-48-12-8-10-14-54(48)72(56)62(74)58(38(3)4)70-64(76)78-6/h15-16,19-20,23-32,35-38,47-48,53-58H,7-14,17-18,21-22,33-34H2,1-6H3,(H,65,67)(H,66,68)(H,69,75)(H,70,76)/t47-,48-,53-,54-,55-,56-,57-,58-/m0/s1. The molecule has 6 aromatic rings. The maximum Gasteiger partial charge on any atom is 0.407 e. The number of hydrogen-bond donors (Lipinski definition) is 4. The van der Waals surface area contributed by atoms with E-state index in [-0.39, 0.29) is 47.8 Å². The molecule has 14 nitrogen and oxygen atoms in total. The van der Waals surface area contributed by atoms with Crippen molar-refractivity contribution >= 4 is 24.0 Å². The summed E-state index contributed by atoms with van der Waals surface area (Å²) in [4.78, 5) is 74.8. The number of hydrogen-bond acceptors (Lipinski definition) is 8. The third kappa shape index (κ3) is 10.6. The minimum atomic E-state index is -0.688. The second kappa shape index (κ2) is 22.6. The molecule has 8 atom stereocenters. The molecule has 4 heterocycles. The molecule has 78 heavy (non-hydrogen) atoms. The predicted molar refractivity (Wildman–Crippen MR) is 302 cm³/mol. The van der Waals surface area contributed by atoms with Gasteiger partial charge in [0.2, 0.25) is 11.8 Å². The Morgan fingerprint density at radius 1 is 0.526 bits per heavy atom. The predicted octanol–water partition coefficient (Wildman–Crippen LogP) is 12.1. The average molecular weight is 1050 g/mol. The summed E-state index contributed by atoms with van der Waals surface area (Å²) in [7, 11) is 2.66. The van der Waals surface area contributed by atoms with Gasteiger partial charge in [-0.2, -0.15) is 0 Å². The summed E-state index contributed by atoms with van der Waals surface area (Å²) in [6.07, 6.45) is 16.7. The van der Waals surface area contributed by atoms with E-state index in [0.717, 1.165) is 111 Å². The molecule has 0 radical (unpaired) electrons. The fraction of sp³-hybridized carbons (Fsp3) is 0.469. The van der Waals surface area contributed by atoms with E-state index in [2.05, 4.69) is 106 Å². The second-order valence-electron chi connectivity index (χ2n) is 23.4. The van der Waals surface area contributed by atoms with Crippen molar-refractivity contribution in [1.82, 2.24) is 40.4 Å². The third-order valence-corrected chi connectivity index (χ3v) is 18.0. The number of benzene rings is 4. The summed E-state index contributed by atoms with van der Waals surface area (Å²) in [5.41, 5.74) is 13.8. The summed E-state index contributed by atoms with van der Waals surface area (Å²) in [5, 5.41) is 5.65. The zero-order valence-corrected chi connectivity index (χ0v) is 46.1. The molecule has 4 amide bonds. The molecule has 6 aliphatic carbocycles. The third-order valence-electron chi connectivity index (χ3n) is 18.0. The lowest BCUT2D eigenvalue weighted by molar-refractivity contribution is -0.139. The van der Waals surface area contributed by atoms with Gasteiger partial charge in [-0.3, -0.25) is 9.59 Å². The second-order valence-corrected chi connectivity index (χ2v) is 23.4. The first-order chi connectivity index (χ1) is 37.8. The number of amides is 4. The van der Waals surface area contributed by atoms with Crippen molar-refractivity contribution in [3.05, 3.63) is 131 Å². The normalized spacial score (nSPS) is 22.6. The highest BCUT2D eigenvalue weighted by molar-refractivity contribution is 5.88. The molecular weight excluding hydrogens is 977 g/mol. The van der Waals surface area contributed by atoms with E-state index in [1.165, 1.54) is 71.6 Å². The number of H-pyrrole nitrogens is 2. The number of ether oxygens (including phenoxy) is 2. The van der Waals surface area contributed by atoms with Crippen molar-refractivity contribution < 1.29 is 28.7 Å². The molecule has 2 saturated heterocycles. The topological polar surface area (TPSA) is 175 Å². The van der Waals surface area contributed by atoms with E-state index in [9.17, 15) is 19.2 Å². The Morgan fingerprint density at radius 2 is 0.910 bits per heavy atom. The highest BCUT2D eigenvalue weighted by Gasteiger charge is 2.50. The zero-order chi connectivity index (χ0) is 54.2. The molecule has 0 unspecified atom stereocenters. The van der Waals surface area contributed by atoms with Crippen LogP contribution in [-0.4, -0.2) is 92.1 Å². The largest absolute Gasteiger partial charge is 0.453 e. The summed E-state index contributed by atoms with van der Waals surface area (Å²) >= 11 is 0. The van der Waals surface area contributed by atoms with E-state index < -0.39 is 24.3 Å². The number of aromatic nitrogens is 4. The molecular formula is C64H76N8O6. The highest BCUT2D eigenvalue weighted by atomic mass is 16.5. The lowest BCUT2D eigenvalue weighted by Crippen LogP contribution is -2.53. The van der Waals surface area contributed by atoms with Gasteiger partial charge in [0.15, 0.2) is 0 Å². The Labute approximate surface area is 458 Å². The molecule has 2 aromatic heterocycles. The molecule has 2 saturated carbocycles. The molecule has 2 aliphatic heterocycles. The van der Waals surface area contributed by atoms with Gasteiger partial charge < -0.3 is 39.9 Å². The Hall–Kier alpha value is -7.22. The van der Waals surface area contributed by atoms with Crippen LogP contribution in [-0.2, 0) is 44.7 Å². The number of nitrogens with zero attached hydrogens (tertiary/aromatic N) is 4. The molecule has 14 rings (SSSR count). The van der Waals surface area contributed by atoms with Crippen molar-refractivity contribution in [2.24, 2.45) is 23.7 Å². The van der Waals surface area contributed by atoms with Gasteiger partial charge in [-0.25, -0.2) is 19.6 Å². The molecule has 4 bridgehead atoms. The molecule has 14 heteroatoms. The SMILES string of the molecule is COC(=O)N[C@H](C(=O)N1[C@H](c2nc(-c3ccc(-c4cc5ccc4CCc4ccc(c(-c6ccc(-c7c[nH]c([C@@H]8C[C@@H]9CCCC[C@@H]9N8C(=O)[C@@H](NC(=O)OC)C(C)C)n7)cc6)c4)CC5)cc3)c[nH]2)C[C@@H]2CCCC[C@@H]21)C(C)C. The number of rotatable bonds is 12. The van der Waals surface area contributed by atoms with Crippen molar-refractivity contribution in [3.8, 4) is 44.8 Å². The number of fused-ring (bicyclic) bond motifs is 2. The smallest absolute Gasteiger partial charge is 0.407 e. The maximum atomic E-state index is 14.4. The Bertz CT molecular complexity index is 2930. The summed E-state index contributed by atoms with van der Waals surface area (Å²) in [6, 6.07) is 30.0. The van der Waals surface area contributed by atoms with Crippen LogP contribution in [0.25, 0.3) is 44.8 Å². The highest BCUT2D eigenvalue weighted by Crippen LogP contribution is 2.48. The van der Waals surface area contributed by atoms with Crippen molar-refractivity contribution in [2.75, 3.05) is 14.2 Å². The first kappa shape index (κ1) is 52.8. The number of alkyl carbamates (subject to hydrolysis) is 2. The van der Waals surface area contributed by atoms with Gasteiger partial charge in [-0.15, -0.1) is 0 Å². The van der Waals surface area contributed by atoms with Crippen molar-refractivity contribution in [1.29, 1.82) is 0 Å². The maximum absolute atomic E-state index is 14.4. The summed E-state index contributed by atoms with van der Waals surface area (Å²) < 4.78 is 9.83. The number of likely N-dealkylation sites (tertiary alicyclic amines) is 2. The number of carbonyl (C=O) groups is 4. The van der Waals surface area contributed by atoms with Crippen molar-refractivity contribution in [2.45, 2.75) is 154 Å². The number of nitrogens with one attached hydrogen (secondary N) is 4. The number of aryl methyl sites for hydroxylation is 4. The average Bonchev–Trinajstić information content (AvgIpc) is 4.34. The quantitative estimate of drug-likeness (QED) is 0.0937. The monoisotopic (exact) mass is 1050 g/mol. The van der Waals surface area contributed by atoms with Crippen LogP contribution in [0.15, 0.2) is 97.3 Å². The molecule has 4 fully saturated rings. The fourth-order valence-corrected chi connectivity index (χ4v) is 13.8.